The van der Waals surface area contributed by atoms with Crippen LogP contribution in [-0.2, 0) is 4.79 Å². The lowest BCUT2D eigenvalue weighted by Crippen LogP contribution is -2.51. The average Bonchev–Trinajstić information content (AvgIpc) is 3.17. The Balaban J connectivity index is 1.32. The first-order valence-corrected chi connectivity index (χ1v) is 12.4. The number of anilines is 2. The molecule has 36 heavy (non-hydrogen) atoms. The van der Waals surface area contributed by atoms with E-state index in [0.717, 1.165) is 4.70 Å². The highest BCUT2D eigenvalue weighted by Crippen LogP contribution is 2.45. The van der Waals surface area contributed by atoms with Gasteiger partial charge in [0.15, 0.2) is 10.9 Å². The summed E-state index contributed by atoms with van der Waals surface area (Å²) >= 11 is 7.82. The van der Waals surface area contributed by atoms with Gasteiger partial charge >= 0.3 is 6.09 Å². The maximum absolute atomic E-state index is 15.6. The summed E-state index contributed by atoms with van der Waals surface area (Å²) in [7, 11) is 0. The van der Waals surface area contributed by atoms with Gasteiger partial charge in [0.1, 0.15) is 11.9 Å². The van der Waals surface area contributed by atoms with Gasteiger partial charge in [-0.3, -0.25) is 9.89 Å². The number of nitrogens with one attached hydrogen (secondary N) is 3. The number of fused-ring (bicyclic) bond motifs is 2. The summed E-state index contributed by atoms with van der Waals surface area (Å²) in [6, 6.07) is 5.35. The Morgan fingerprint density at radius 2 is 2.11 bits per heavy atom. The molecule has 1 saturated carbocycles. The van der Waals surface area contributed by atoms with Crippen molar-refractivity contribution >= 4 is 66.9 Å². The van der Waals surface area contributed by atoms with Crippen molar-refractivity contribution in [2.45, 2.75) is 12.6 Å². The Labute approximate surface area is 211 Å². The van der Waals surface area contributed by atoms with Gasteiger partial charge in [0.2, 0.25) is 5.91 Å². The molecule has 2 aromatic heterocycles. The van der Waals surface area contributed by atoms with Crippen LogP contribution in [-0.4, -0.2) is 58.1 Å². The number of carboxylic acid groups (broad SMARTS) is 1. The smallest absolute Gasteiger partial charge is 0.404 e. The zero-order valence-electron chi connectivity index (χ0n) is 18.5. The van der Waals surface area contributed by atoms with Crippen LogP contribution in [0.25, 0.3) is 32.2 Å². The highest BCUT2D eigenvalue weighted by molar-refractivity contribution is 7.22. The minimum atomic E-state index is -1.09. The number of H-pyrrole nitrogens is 1. The molecule has 9 nitrogen and oxygen atoms in total. The monoisotopic (exact) mass is 532 g/mol. The molecule has 186 valence electrons. The number of amides is 2. The van der Waals surface area contributed by atoms with Crippen LogP contribution in [0.3, 0.4) is 0 Å². The number of nitrogens with zero attached hydrogens (tertiary/aromatic N) is 3. The van der Waals surface area contributed by atoms with Gasteiger partial charge in [-0.15, -0.1) is 0 Å². The molecule has 2 amide bonds. The van der Waals surface area contributed by atoms with E-state index in [1.54, 1.807) is 18.3 Å². The molecule has 6 rings (SSSR count). The number of hydrogen-bond donors (Lipinski definition) is 4. The number of aromatic nitrogens is 3. The van der Waals surface area contributed by atoms with E-state index in [9.17, 15) is 14.0 Å². The lowest BCUT2D eigenvalue weighted by atomic mass is 9.95. The molecule has 0 spiro atoms. The third kappa shape index (κ3) is 3.90. The van der Waals surface area contributed by atoms with E-state index in [0.29, 0.717) is 51.5 Å². The van der Waals surface area contributed by atoms with Crippen molar-refractivity contribution < 1.29 is 23.5 Å². The maximum Gasteiger partial charge on any atom is 0.404 e. The summed E-state index contributed by atoms with van der Waals surface area (Å²) in [6.07, 6.45) is -0.355. The van der Waals surface area contributed by atoms with Gasteiger partial charge in [-0.05, 0) is 24.1 Å². The summed E-state index contributed by atoms with van der Waals surface area (Å²) in [6.45, 7) is 1.25. The van der Waals surface area contributed by atoms with Crippen LogP contribution in [0.4, 0.5) is 24.4 Å². The molecule has 1 aliphatic carbocycles. The number of halogens is 3. The third-order valence-corrected chi connectivity index (χ3v) is 7.83. The molecule has 2 aliphatic rings. The van der Waals surface area contributed by atoms with Gasteiger partial charge in [-0.2, -0.15) is 5.10 Å². The normalized spacial score (nSPS) is 19.5. The molecule has 2 atom stereocenters. The van der Waals surface area contributed by atoms with Gasteiger partial charge in [0.25, 0.3) is 0 Å². The summed E-state index contributed by atoms with van der Waals surface area (Å²) in [5.41, 5.74) is 2.58. The molecule has 2 aromatic carbocycles. The SMILES string of the molecule is O=C(O)NCC1CN(c2c(F)c(Cl)c(-c3ccc4nc(NC(=O)[C@@H]5C[C@@H]5F)sc4c3)c3cn[nH]c23)C1. The fourth-order valence-corrected chi connectivity index (χ4v) is 5.77. The predicted molar refractivity (Wildman–Crippen MR) is 133 cm³/mol. The van der Waals surface area contributed by atoms with Crippen LogP contribution in [0.2, 0.25) is 5.02 Å². The highest BCUT2D eigenvalue weighted by Gasteiger charge is 2.44. The fraction of sp³-hybridized carbons (Fsp3) is 0.304. The number of benzene rings is 2. The van der Waals surface area contributed by atoms with Crippen molar-refractivity contribution in [1.82, 2.24) is 20.5 Å². The average molecular weight is 533 g/mol. The van der Waals surface area contributed by atoms with Crippen molar-refractivity contribution in [1.29, 1.82) is 0 Å². The Bertz CT molecular complexity index is 1540. The molecule has 1 aliphatic heterocycles. The lowest BCUT2D eigenvalue weighted by molar-refractivity contribution is -0.117. The van der Waals surface area contributed by atoms with Crippen molar-refractivity contribution in [3.05, 3.63) is 35.2 Å². The van der Waals surface area contributed by atoms with E-state index in [4.69, 9.17) is 16.7 Å². The van der Waals surface area contributed by atoms with Gasteiger partial charge in [-0.25, -0.2) is 18.6 Å². The van der Waals surface area contributed by atoms with Gasteiger partial charge in [-0.1, -0.05) is 29.0 Å². The second kappa shape index (κ2) is 8.56. The summed E-state index contributed by atoms with van der Waals surface area (Å²) in [4.78, 5) is 29.0. The van der Waals surface area contributed by atoms with E-state index in [1.807, 2.05) is 11.0 Å². The minimum absolute atomic E-state index is 0.0499. The third-order valence-electron chi connectivity index (χ3n) is 6.54. The number of alkyl halides is 1. The van der Waals surface area contributed by atoms with E-state index < -0.39 is 24.0 Å². The van der Waals surface area contributed by atoms with E-state index >= 15 is 4.39 Å². The zero-order chi connectivity index (χ0) is 25.1. The second-order valence-electron chi connectivity index (χ2n) is 9.02. The molecular weight excluding hydrogens is 514 g/mol. The lowest BCUT2D eigenvalue weighted by Gasteiger charge is -2.41. The van der Waals surface area contributed by atoms with E-state index in [-0.39, 0.29) is 29.8 Å². The Kier molecular flexibility index (Phi) is 5.45. The standard InChI is InChI=1S/C23H19ClF2N6O3S/c24-17-16(10-1-2-14-15(3-10)36-22(29-14)30-21(33)11-4-13(11)25)12-6-28-31-19(12)20(18(17)26)32-7-9(8-32)5-27-23(34)35/h1-3,6,9,11,13,27H,4-5,7-8H2,(H,28,31)(H,34,35)(H,29,30,33)/t11-,13+/m1/s1. The molecule has 13 heteroatoms. The van der Waals surface area contributed by atoms with Crippen molar-refractivity contribution in [3.63, 3.8) is 0 Å². The Morgan fingerprint density at radius 1 is 1.33 bits per heavy atom. The summed E-state index contributed by atoms with van der Waals surface area (Å²) < 4.78 is 29.6. The van der Waals surface area contributed by atoms with Crippen LogP contribution in [0.15, 0.2) is 24.4 Å². The molecule has 2 fully saturated rings. The number of aromatic amines is 1. The first-order valence-electron chi connectivity index (χ1n) is 11.2. The molecule has 3 heterocycles. The van der Waals surface area contributed by atoms with Gasteiger partial charge in [0, 0.05) is 36.5 Å². The fourth-order valence-electron chi connectivity index (χ4n) is 4.56. The molecule has 1 saturated heterocycles. The molecule has 4 aromatic rings. The van der Waals surface area contributed by atoms with Crippen LogP contribution >= 0.6 is 22.9 Å². The maximum atomic E-state index is 15.6. The summed E-state index contributed by atoms with van der Waals surface area (Å²) in [5, 5.41) is 21.8. The first kappa shape index (κ1) is 22.9. The highest BCUT2D eigenvalue weighted by atomic mass is 35.5. The topological polar surface area (TPSA) is 123 Å². The van der Waals surface area contributed by atoms with E-state index in [2.05, 4.69) is 25.8 Å². The number of carbonyl (C=O) groups is 2. The van der Waals surface area contributed by atoms with Gasteiger partial charge in [0.05, 0.1) is 32.9 Å². The molecule has 0 radical (unpaired) electrons. The molecule has 0 unspecified atom stereocenters. The summed E-state index contributed by atoms with van der Waals surface area (Å²) in [5.74, 6) is -1.52. The first-order chi connectivity index (χ1) is 17.3. The molecule has 4 N–H and O–H groups in total. The van der Waals surface area contributed by atoms with Crippen LogP contribution in [0, 0.1) is 17.7 Å². The quantitative estimate of drug-likeness (QED) is 0.287. The minimum Gasteiger partial charge on any atom is -0.465 e. The van der Waals surface area contributed by atoms with Crippen molar-refractivity contribution in [3.8, 4) is 11.1 Å². The van der Waals surface area contributed by atoms with Crippen molar-refractivity contribution in [2.24, 2.45) is 11.8 Å². The zero-order valence-corrected chi connectivity index (χ0v) is 20.1. The number of rotatable bonds is 6. The number of thiazole rings is 1. The van der Waals surface area contributed by atoms with Crippen LogP contribution in [0.5, 0.6) is 0 Å². The van der Waals surface area contributed by atoms with Crippen LogP contribution < -0.4 is 15.5 Å². The second-order valence-corrected chi connectivity index (χ2v) is 10.4. The molecule has 0 bridgehead atoms. The van der Waals surface area contributed by atoms with Gasteiger partial charge < -0.3 is 20.6 Å². The number of hydrogen-bond acceptors (Lipinski definition) is 6. The Morgan fingerprint density at radius 3 is 2.83 bits per heavy atom. The molecular formula is C23H19ClF2N6O3S. The van der Waals surface area contributed by atoms with Crippen LogP contribution in [0.1, 0.15) is 6.42 Å². The van der Waals surface area contributed by atoms with Crippen molar-refractivity contribution in [2.75, 3.05) is 29.9 Å². The van der Waals surface area contributed by atoms with E-state index in [1.165, 1.54) is 11.3 Å². The largest absolute Gasteiger partial charge is 0.465 e. The number of carbonyl (C=O) groups excluding carboxylic acids is 1. The predicted octanol–water partition coefficient (Wildman–Crippen LogP) is 4.63. The Hall–Kier alpha value is -3.51.